The summed E-state index contributed by atoms with van der Waals surface area (Å²) in [4.78, 5) is 16.3. The minimum Gasteiger partial charge on any atom is -0.390 e. The number of para-hydroxylation sites is 1. The van der Waals surface area contributed by atoms with Gasteiger partial charge in [-0.1, -0.05) is 41.9 Å². The van der Waals surface area contributed by atoms with Gasteiger partial charge in [0.1, 0.15) is 6.67 Å². The zero-order valence-corrected chi connectivity index (χ0v) is 25.8. The number of sulfonamides is 1. The number of amides is 2. The Hall–Kier alpha value is -3.23. The van der Waals surface area contributed by atoms with Gasteiger partial charge in [-0.2, -0.15) is 9.40 Å². The molecule has 1 aromatic heterocycles. The Labute approximate surface area is 256 Å². The molecule has 2 aliphatic heterocycles. The van der Waals surface area contributed by atoms with Crippen LogP contribution in [0.2, 0.25) is 5.02 Å². The second kappa shape index (κ2) is 13.2. The van der Waals surface area contributed by atoms with Crippen molar-refractivity contribution in [3.63, 3.8) is 0 Å². The summed E-state index contributed by atoms with van der Waals surface area (Å²) in [6.45, 7) is 3.37. The molecule has 1 fully saturated rings. The van der Waals surface area contributed by atoms with Crippen LogP contribution in [-0.4, -0.2) is 97.2 Å². The first-order valence-corrected chi connectivity index (χ1v) is 16.4. The molecule has 2 amide bonds. The third-order valence-corrected chi connectivity index (χ3v) is 9.51. The topological polar surface area (TPSA) is 123 Å². The van der Waals surface area contributed by atoms with Crippen LogP contribution in [0.3, 0.4) is 0 Å². The van der Waals surface area contributed by atoms with Crippen molar-refractivity contribution in [3.05, 3.63) is 64.3 Å². The van der Waals surface area contributed by atoms with Crippen LogP contribution in [0.1, 0.15) is 16.8 Å². The molecule has 0 spiro atoms. The van der Waals surface area contributed by atoms with E-state index < -0.39 is 22.8 Å². The van der Waals surface area contributed by atoms with E-state index in [4.69, 9.17) is 16.7 Å². The molecule has 2 aromatic carbocycles. The van der Waals surface area contributed by atoms with Gasteiger partial charge in [-0.05, 0) is 17.7 Å². The lowest BCUT2D eigenvalue weighted by Crippen LogP contribution is -2.49. The van der Waals surface area contributed by atoms with Gasteiger partial charge in [-0.15, -0.1) is 0 Å². The highest BCUT2D eigenvalue weighted by molar-refractivity contribution is 7.88. The zero-order chi connectivity index (χ0) is 30.7. The number of fused-ring (bicyclic) bond motifs is 1. The summed E-state index contributed by atoms with van der Waals surface area (Å²) >= 11 is 6.52. The molecule has 0 saturated carbocycles. The van der Waals surface area contributed by atoms with Crippen molar-refractivity contribution in [2.75, 3.05) is 62.8 Å². The molecule has 3 heterocycles. The Kier molecular flexibility index (Phi) is 9.57. The molecule has 1 unspecified atom stereocenters. The smallest absolute Gasteiger partial charge is 0.319 e. The summed E-state index contributed by atoms with van der Waals surface area (Å²) < 4.78 is 41.0. The number of anilines is 2. The number of nitrogens with zero attached hydrogens (tertiary/aromatic N) is 5. The minimum atomic E-state index is -3.39. The van der Waals surface area contributed by atoms with Gasteiger partial charge in [-0.3, -0.25) is 9.58 Å². The summed E-state index contributed by atoms with van der Waals surface area (Å²) in [5.41, 5.74) is 5.10. The Balaban J connectivity index is 1.28. The third-order valence-electron chi connectivity index (χ3n) is 7.95. The van der Waals surface area contributed by atoms with Crippen molar-refractivity contribution in [1.82, 2.24) is 24.3 Å². The van der Waals surface area contributed by atoms with Crippen LogP contribution in [0.25, 0.3) is 11.3 Å². The van der Waals surface area contributed by atoms with Crippen LogP contribution < -0.4 is 15.5 Å². The molecule has 43 heavy (non-hydrogen) atoms. The first kappa shape index (κ1) is 31.2. The fourth-order valence-corrected chi connectivity index (χ4v) is 6.80. The maximum atomic E-state index is 13.1. The predicted octanol–water partition coefficient (Wildman–Crippen LogP) is 2.93. The number of nitrogens with one attached hydrogen (secondary N) is 2. The van der Waals surface area contributed by atoms with E-state index in [1.54, 1.807) is 48.1 Å². The highest BCUT2D eigenvalue weighted by Gasteiger charge is 2.31. The van der Waals surface area contributed by atoms with Crippen molar-refractivity contribution in [2.45, 2.75) is 32.3 Å². The number of piperazine rings is 1. The van der Waals surface area contributed by atoms with Gasteiger partial charge in [0.15, 0.2) is 0 Å². The normalized spacial score (nSPS) is 17.0. The van der Waals surface area contributed by atoms with E-state index >= 15 is 0 Å². The molecule has 0 bridgehead atoms. The number of halogens is 2. The highest BCUT2D eigenvalue weighted by atomic mass is 35.5. The van der Waals surface area contributed by atoms with Gasteiger partial charge in [0.25, 0.3) is 0 Å². The lowest BCUT2D eigenvalue weighted by atomic mass is 10.0. The molecule has 3 aromatic rings. The maximum absolute atomic E-state index is 13.1. The molecule has 11 nitrogen and oxygen atoms in total. The molecule has 1 saturated heterocycles. The molecule has 2 aliphatic rings. The monoisotopic (exact) mass is 633 g/mol. The van der Waals surface area contributed by atoms with Gasteiger partial charge in [0.05, 0.1) is 41.0 Å². The number of aliphatic hydroxyl groups excluding tert-OH is 1. The number of rotatable bonds is 9. The van der Waals surface area contributed by atoms with Crippen LogP contribution in [0.15, 0.2) is 42.5 Å². The first-order chi connectivity index (χ1) is 20.6. The second-order valence-electron chi connectivity index (χ2n) is 10.9. The molecular weight excluding hydrogens is 597 g/mol. The van der Waals surface area contributed by atoms with Gasteiger partial charge < -0.3 is 20.6 Å². The Bertz CT molecular complexity index is 1560. The van der Waals surface area contributed by atoms with Crippen LogP contribution in [0.4, 0.5) is 20.6 Å². The van der Waals surface area contributed by atoms with E-state index in [-0.39, 0.29) is 19.1 Å². The second-order valence-corrected chi connectivity index (χ2v) is 13.3. The summed E-state index contributed by atoms with van der Waals surface area (Å²) in [5.74, 6) is 0. The minimum absolute atomic E-state index is 0.200. The maximum Gasteiger partial charge on any atom is 0.319 e. The van der Waals surface area contributed by atoms with E-state index in [0.29, 0.717) is 67.7 Å². The number of hydrogen-bond donors (Lipinski definition) is 3. The number of aromatic nitrogens is 2. The summed E-state index contributed by atoms with van der Waals surface area (Å²) in [6.07, 6.45) is 0.969. The fourth-order valence-electron chi connectivity index (χ4n) is 5.72. The highest BCUT2D eigenvalue weighted by Crippen LogP contribution is 2.35. The van der Waals surface area contributed by atoms with Gasteiger partial charge >= 0.3 is 6.03 Å². The van der Waals surface area contributed by atoms with Crippen molar-refractivity contribution < 1.29 is 22.7 Å². The molecule has 5 rings (SSSR count). The number of carbonyl (C=O) groups excluding carboxylic acids is 1. The summed E-state index contributed by atoms with van der Waals surface area (Å²) in [5, 5.41) is 21.9. The Morgan fingerprint density at radius 1 is 1.09 bits per heavy atom. The number of aliphatic hydroxyl groups is 1. The van der Waals surface area contributed by atoms with Crippen LogP contribution in [0, 0.1) is 0 Å². The van der Waals surface area contributed by atoms with Gasteiger partial charge in [-0.25, -0.2) is 17.6 Å². The van der Waals surface area contributed by atoms with E-state index in [2.05, 4.69) is 20.4 Å². The quantitative estimate of drug-likeness (QED) is 0.331. The van der Waals surface area contributed by atoms with Crippen LogP contribution in [-0.2, 0) is 36.2 Å². The average Bonchev–Trinajstić information content (AvgIpc) is 3.34. The molecule has 232 valence electrons. The van der Waals surface area contributed by atoms with E-state index in [1.807, 2.05) is 6.07 Å². The SMILES string of the molecule is CNC(=O)Nc1cccc(Cl)c1N1CCN(CC(O)Cn2nc(-c3ccc(CF)cc3)c3c2CCN(S(C)(=O)=O)C3)CC1. The number of benzene rings is 2. The molecule has 14 heteroatoms. The van der Waals surface area contributed by atoms with Crippen molar-refractivity contribution in [2.24, 2.45) is 0 Å². The number of hydrogen-bond acceptors (Lipinski definition) is 7. The average molecular weight is 634 g/mol. The molecule has 0 radical (unpaired) electrons. The first-order valence-electron chi connectivity index (χ1n) is 14.2. The van der Waals surface area contributed by atoms with Crippen LogP contribution >= 0.6 is 11.6 Å². The Morgan fingerprint density at radius 2 is 1.81 bits per heavy atom. The summed E-state index contributed by atoms with van der Waals surface area (Å²) in [6, 6.07) is 12.1. The molecule has 1 atom stereocenters. The number of carbonyl (C=O) groups is 1. The summed E-state index contributed by atoms with van der Waals surface area (Å²) in [7, 11) is -1.84. The van der Waals surface area contributed by atoms with Crippen molar-refractivity contribution in [1.29, 1.82) is 0 Å². The molecular formula is C29H37ClFN7O4S. The largest absolute Gasteiger partial charge is 0.390 e. The number of urea groups is 1. The van der Waals surface area contributed by atoms with Crippen LogP contribution in [0.5, 0.6) is 0 Å². The van der Waals surface area contributed by atoms with E-state index in [0.717, 1.165) is 22.5 Å². The van der Waals surface area contributed by atoms with E-state index in [9.17, 15) is 22.7 Å². The lowest BCUT2D eigenvalue weighted by Gasteiger charge is -2.38. The Morgan fingerprint density at radius 3 is 2.47 bits per heavy atom. The van der Waals surface area contributed by atoms with Crippen molar-refractivity contribution >= 4 is 39.0 Å². The molecule has 0 aliphatic carbocycles. The number of β-amino-alcohol motifs (C(OH)–C–C–N with tert-alkyl or cyclic N) is 1. The van der Waals surface area contributed by atoms with Gasteiger partial charge in [0.2, 0.25) is 10.0 Å². The lowest BCUT2D eigenvalue weighted by molar-refractivity contribution is 0.0911. The van der Waals surface area contributed by atoms with Crippen molar-refractivity contribution in [3.8, 4) is 11.3 Å². The molecule has 3 N–H and O–H groups in total. The number of alkyl halides is 1. The fraction of sp³-hybridized carbons (Fsp3) is 0.448. The third kappa shape index (κ3) is 7.13. The standard InChI is InChI=1S/C29H37ClFN7O4S/c1-32-29(40)33-25-5-3-4-24(30)28(25)36-14-12-35(13-15-36)17-22(39)18-38-26-10-11-37(43(2,41)42)19-23(26)27(34-38)21-8-6-20(16-31)7-9-21/h3-9,22,39H,10-19H2,1-2H3,(H2,32,33,40). The van der Waals surface area contributed by atoms with E-state index in [1.165, 1.54) is 10.6 Å². The predicted molar refractivity (Wildman–Crippen MR) is 166 cm³/mol. The van der Waals surface area contributed by atoms with Gasteiger partial charge in [0, 0.05) is 76.1 Å². The zero-order valence-electron chi connectivity index (χ0n) is 24.3.